The number of hydrogen-bond acceptors (Lipinski definition) is 2. The van der Waals surface area contributed by atoms with Crippen molar-refractivity contribution in [3.8, 4) is 5.75 Å². The van der Waals surface area contributed by atoms with E-state index in [1.54, 1.807) is 12.1 Å². The molecular formula is C17H10BrIO2. The topological polar surface area (TPSA) is 26.3 Å². The van der Waals surface area contributed by atoms with Crippen LogP contribution in [0, 0.1) is 3.57 Å². The molecule has 0 unspecified atom stereocenters. The van der Waals surface area contributed by atoms with E-state index in [0.29, 0.717) is 11.3 Å². The van der Waals surface area contributed by atoms with E-state index in [4.69, 9.17) is 4.74 Å². The number of ether oxygens (including phenoxy) is 1. The molecule has 0 N–H and O–H groups in total. The van der Waals surface area contributed by atoms with Crippen molar-refractivity contribution in [2.75, 3.05) is 0 Å². The van der Waals surface area contributed by atoms with Gasteiger partial charge < -0.3 is 4.74 Å². The molecule has 0 radical (unpaired) electrons. The Kier molecular flexibility index (Phi) is 4.26. The molecule has 21 heavy (non-hydrogen) atoms. The van der Waals surface area contributed by atoms with Gasteiger partial charge in [-0.15, -0.1) is 0 Å². The zero-order chi connectivity index (χ0) is 14.8. The van der Waals surface area contributed by atoms with Crippen LogP contribution < -0.4 is 4.74 Å². The van der Waals surface area contributed by atoms with Gasteiger partial charge in [0.15, 0.2) is 0 Å². The summed E-state index contributed by atoms with van der Waals surface area (Å²) in [7, 11) is 0. The zero-order valence-electron chi connectivity index (χ0n) is 10.8. The maximum Gasteiger partial charge on any atom is 0.344 e. The van der Waals surface area contributed by atoms with Gasteiger partial charge in [0.2, 0.25) is 0 Å². The second-order valence-corrected chi connectivity index (χ2v) is 6.42. The molecule has 0 atom stereocenters. The van der Waals surface area contributed by atoms with Crippen LogP contribution in [0.25, 0.3) is 10.8 Å². The fourth-order valence-corrected chi connectivity index (χ4v) is 3.26. The number of carbonyl (C=O) groups excluding carboxylic acids is 1. The minimum atomic E-state index is -0.351. The minimum Gasteiger partial charge on any atom is -0.422 e. The molecule has 0 fully saturated rings. The van der Waals surface area contributed by atoms with Gasteiger partial charge in [-0.05, 0) is 67.5 Å². The highest BCUT2D eigenvalue weighted by atomic mass is 127. The molecule has 4 heteroatoms. The predicted octanol–water partition coefficient (Wildman–Crippen LogP) is 5.43. The highest BCUT2D eigenvalue weighted by Gasteiger charge is 2.14. The fraction of sp³-hybridized carbons (Fsp3) is 0. The summed E-state index contributed by atoms with van der Waals surface area (Å²) in [4.78, 5) is 12.3. The lowest BCUT2D eigenvalue weighted by molar-refractivity contribution is 0.0733. The molecule has 0 aliphatic heterocycles. The monoisotopic (exact) mass is 452 g/mol. The van der Waals surface area contributed by atoms with Gasteiger partial charge in [-0.2, -0.15) is 0 Å². The van der Waals surface area contributed by atoms with Gasteiger partial charge >= 0.3 is 5.97 Å². The molecule has 0 bridgehead atoms. The van der Waals surface area contributed by atoms with Gasteiger partial charge in [-0.1, -0.05) is 42.5 Å². The van der Waals surface area contributed by atoms with Crippen LogP contribution in [0.5, 0.6) is 5.75 Å². The van der Waals surface area contributed by atoms with Crippen LogP contribution in [0.4, 0.5) is 0 Å². The molecule has 104 valence electrons. The predicted molar refractivity (Wildman–Crippen MR) is 95.8 cm³/mol. The van der Waals surface area contributed by atoms with E-state index < -0.39 is 0 Å². The standard InChI is InChI=1S/C17H10BrIO2/c18-16-12-6-2-1-5-11(12)9-10-15(16)21-17(20)13-7-3-4-8-14(13)19/h1-10H. The maximum absolute atomic E-state index is 12.3. The highest BCUT2D eigenvalue weighted by molar-refractivity contribution is 14.1. The Balaban J connectivity index is 1.97. The molecule has 0 aliphatic rings. The molecule has 0 amide bonds. The summed E-state index contributed by atoms with van der Waals surface area (Å²) in [5.74, 6) is 0.175. The normalized spacial score (nSPS) is 10.6. The number of halogens is 2. The van der Waals surface area contributed by atoms with Crippen molar-refractivity contribution in [2.24, 2.45) is 0 Å². The Labute approximate surface area is 144 Å². The summed E-state index contributed by atoms with van der Waals surface area (Å²) < 4.78 is 7.19. The summed E-state index contributed by atoms with van der Waals surface area (Å²) in [5.41, 5.74) is 0.568. The van der Waals surface area contributed by atoms with Gasteiger partial charge in [-0.25, -0.2) is 4.79 Å². The highest BCUT2D eigenvalue weighted by Crippen LogP contribution is 2.33. The third-order valence-corrected chi connectivity index (χ3v) is 4.88. The summed E-state index contributed by atoms with van der Waals surface area (Å²) in [5, 5.41) is 2.11. The third-order valence-electron chi connectivity index (χ3n) is 3.12. The molecule has 0 spiro atoms. The van der Waals surface area contributed by atoms with Crippen molar-refractivity contribution in [3.63, 3.8) is 0 Å². The van der Waals surface area contributed by atoms with E-state index in [0.717, 1.165) is 18.8 Å². The van der Waals surface area contributed by atoms with Crippen molar-refractivity contribution in [3.05, 3.63) is 74.3 Å². The first-order chi connectivity index (χ1) is 10.2. The molecule has 3 aromatic carbocycles. The second-order valence-electron chi connectivity index (χ2n) is 4.47. The van der Waals surface area contributed by atoms with E-state index in [-0.39, 0.29) is 5.97 Å². The van der Waals surface area contributed by atoms with E-state index in [1.807, 2.05) is 48.5 Å². The first-order valence-corrected chi connectivity index (χ1v) is 8.18. The third kappa shape index (κ3) is 2.96. The summed E-state index contributed by atoms with van der Waals surface area (Å²) in [6.45, 7) is 0. The van der Waals surface area contributed by atoms with Crippen LogP contribution in [-0.2, 0) is 0 Å². The summed E-state index contributed by atoms with van der Waals surface area (Å²) in [6.07, 6.45) is 0. The number of rotatable bonds is 2. The zero-order valence-corrected chi connectivity index (χ0v) is 14.6. The largest absolute Gasteiger partial charge is 0.422 e. The lowest BCUT2D eigenvalue weighted by Crippen LogP contribution is -2.10. The molecule has 0 saturated heterocycles. The number of fused-ring (bicyclic) bond motifs is 1. The van der Waals surface area contributed by atoms with Gasteiger partial charge in [-0.3, -0.25) is 0 Å². The Morgan fingerprint density at radius 3 is 2.48 bits per heavy atom. The fourth-order valence-electron chi connectivity index (χ4n) is 2.07. The number of esters is 1. The first-order valence-electron chi connectivity index (χ1n) is 6.31. The van der Waals surface area contributed by atoms with Crippen molar-refractivity contribution >= 4 is 55.3 Å². The molecule has 3 rings (SSSR count). The Morgan fingerprint density at radius 2 is 1.67 bits per heavy atom. The van der Waals surface area contributed by atoms with E-state index in [2.05, 4.69) is 38.5 Å². The van der Waals surface area contributed by atoms with Crippen molar-refractivity contribution in [1.29, 1.82) is 0 Å². The smallest absolute Gasteiger partial charge is 0.344 e. The molecule has 2 nitrogen and oxygen atoms in total. The number of carbonyl (C=O) groups is 1. The quantitative estimate of drug-likeness (QED) is 0.294. The molecule has 0 saturated carbocycles. The SMILES string of the molecule is O=C(Oc1ccc2ccccc2c1Br)c1ccccc1I. The molecule has 0 aromatic heterocycles. The average Bonchev–Trinajstić information content (AvgIpc) is 2.51. The Hall–Kier alpha value is -1.40. The van der Waals surface area contributed by atoms with Gasteiger partial charge in [0.25, 0.3) is 0 Å². The molecule has 0 aliphatic carbocycles. The van der Waals surface area contributed by atoms with E-state index in [1.165, 1.54) is 0 Å². The van der Waals surface area contributed by atoms with E-state index in [9.17, 15) is 4.79 Å². The first kappa shape index (κ1) is 14.5. The molecule has 0 heterocycles. The Bertz CT molecular complexity index is 830. The average molecular weight is 453 g/mol. The van der Waals surface area contributed by atoms with Gasteiger partial charge in [0, 0.05) is 3.57 Å². The second kappa shape index (κ2) is 6.15. The minimum absolute atomic E-state index is 0.351. The Morgan fingerprint density at radius 1 is 0.952 bits per heavy atom. The molecule has 3 aromatic rings. The van der Waals surface area contributed by atoms with Gasteiger partial charge in [0.1, 0.15) is 5.75 Å². The maximum atomic E-state index is 12.3. The van der Waals surface area contributed by atoms with E-state index >= 15 is 0 Å². The number of benzene rings is 3. The van der Waals surface area contributed by atoms with Crippen molar-refractivity contribution < 1.29 is 9.53 Å². The van der Waals surface area contributed by atoms with Crippen LogP contribution in [0.15, 0.2) is 65.1 Å². The number of hydrogen-bond donors (Lipinski definition) is 0. The van der Waals surface area contributed by atoms with Crippen LogP contribution >= 0.6 is 38.5 Å². The lowest BCUT2D eigenvalue weighted by atomic mass is 10.1. The molecular weight excluding hydrogens is 443 g/mol. The summed E-state index contributed by atoms with van der Waals surface area (Å²) >= 11 is 5.65. The van der Waals surface area contributed by atoms with Gasteiger partial charge in [0.05, 0.1) is 10.0 Å². The van der Waals surface area contributed by atoms with Crippen LogP contribution in [-0.4, -0.2) is 5.97 Å². The lowest BCUT2D eigenvalue weighted by Gasteiger charge is -2.09. The van der Waals surface area contributed by atoms with Crippen molar-refractivity contribution in [2.45, 2.75) is 0 Å². The van der Waals surface area contributed by atoms with Crippen LogP contribution in [0.3, 0.4) is 0 Å². The summed E-state index contributed by atoms with van der Waals surface area (Å²) in [6, 6.07) is 19.1. The van der Waals surface area contributed by atoms with Crippen molar-refractivity contribution in [1.82, 2.24) is 0 Å². The van der Waals surface area contributed by atoms with Crippen LogP contribution in [0.2, 0.25) is 0 Å². The van der Waals surface area contributed by atoms with Crippen LogP contribution in [0.1, 0.15) is 10.4 Å².